The lowest BCUT2D eigenvalue weighted by Crippen LogP contribution is -2.19. The average molecular weight is 339 g/mol. The van der Waals surface area contributed by atoms with Crippen molar-refractivity contribution in [2.24, 2.45) is 5.73 Å². The van der Waals surface area contributed by atoms with Gasteiger partial charge in [0.25, 0.3) is 5.91 Å². The number of nitrogens with two attached hydrogens (primary N) is 1. The number of rotatable bonds is 4. The molecule has 0 aliphatic carbocycles. The molecule has 0 spiro atoms. The molecule has 1 aliphatic heterocycles. The Morgan fingerprint density at radius 2 is 2.33 bits per heavy atom. The van der Waals surface area contributed by atoms with E-state index in [1.807, 2.05) is 28.9 Å². The van der Waals surface area contributed by atoms with Crippen molar-refractivity contribution < 1.29 is 4.79 Å². The number of nitrogens with zero attached hydrogens (tertiary/aromatic N) is 3. The molecule has 6 nitrogen and oxygen atoms in total. The Morgan fingerprint density at radius 3 is 3.12 bits per heavy atom. The number of hydrogen-bond acceptors (Lipinski definition) is 5. The van der Waals surface area contributed by atoms with Crippen LogP contribution in [0, 0.1) is 0 Å². The minimum atomic E-state index is -0.412. The minimum absolute atomic E-state index is 0.412. The van der Waals surface area contributed by atoms with Crippen molar-refractivity contribution in [2.45, 2.75) is 12.8 Å². The Balaban J connectivity index is 1.69. The highest BCUT2D eigenvalue weighted by Gasteiger charge is 2.19. The Morgan fingerprint density at radius 1 is 1.42 bits per heavy atom. The second kappa shape index (κ2) is 6.18. The molecule has 3 N–H and O–H groups in total. The third-order valence-corrected chi connectivity index (χ3v) is 5.28. The molecule has 0 unspecified atom stereocenters. The maximum atomic E-state index is 11.8. The number of hydrogen-bond donors (Lipinski definition) is 2. The number of amides is 1. The first-order chi connectivity index (χ1) is 11.7. The van der Waals surface area contributed by atoms with Crippen LogP contribution in [0.25, 0.3) is 11.2 Å². The van der Waals surface area contributed by atoms with E-state index < -0.39 is 5.91 Å². The summed E-state index contributed by atoms with van der Waals surface area (Å²) in [5.41, 5.74) is 9.45. The molecule has 0 saturated carbocycles. The smallest absolute Gasteiger partial charge is 0.260 e. The molecule has 0 atom stereocenters. The van der Waals surface area contributed by atoms with Gasteiger partial charge in [-0.25, -0.2) is 9.97 Å². The van der Waals surface area contributed by atoms with Gasteiger partial charge in [-0.3, -0.25) is 4.79 Å². The Labute approximate surface area is 143 Å². The van der Waals surface area contributed by atoms with E-state index in [1.165, 1.54) is 16.9 Å². The molecular weight excluding hydrogens is 322 g/mol. The first-order valence-electron chi connectivity index (χ1n) is 7.82. The highest BCUT2D eigenvalue weighted by atomic mass is 32.1. The molecular formula is C17H17N5OS. The molecule has 0 saturated heterocycles. The van der Waals surface area contributed by atoms with Gasteiger partial charge in [-0.2, -0.15) is 0 Å². The van der Waals surface area contributed by atoms with Gasteiger partial charge in [0.2, 0.25) is 0 Å². The molecule has 0 radical (unpaired) electrons. The number of aromatic nitrogens is 3. The lowest BCUT2D eigenvalue weighted by molar-refractivity contribution is 0.100. The van der Waals surface area contributed by atoms with E-state index >= 15 is 0 Å². The second-order valence-corrected chi connectivity index (χ2v) is 6.75. The van der Waals surface area contributed by atoms with Gasteiger partial charge < -0.3 is 15.5 Å². The van der Waals surface area contributed by atoms with Crippen LogP contribution in [0.15, 0.2) is 36.8 Å². The molecule has 4 rings (SSSR count). The molecule has 0 bridgehead atoms. The highest BCUT2D eigenvalue weighted by Crippen LogP contribution is 2.28. The summed E-state index contributed by atoms with van der Waals surface area (Å²) < 4.78 is 1.95. The van der Waals surface area contributed by atoms with Crippen molar-refractivity contribution in [3.05, 3.63) is 57.9 Å². The van der Waals surface area contributed by atoms with E-state index in [-0.39, 0.29) is 0 Å². The zero-order valence-electron chi connectivity index (χ0n) is 13.0. The third kappa shape index (κ3) is 2.83. The van der Waals surface area contributed by atoms with Crippen LogP contribution in [0.4, 0.5) is 0 Å². The first-order valence-corrected chi connectivity index (χ1v) is 8.63. The van der Waals surface area contributed by atoms with Gasteiger partial charge in [-0.05, 0) is 36.2 Å². The number of pyridine rings is 1. The molecule has 1 aliphatic rings. The van der Waals surface area contributed by atoms with Crippen molar-refractivity contribution in [3.63, 3.8) is 0 Å². The monoisotopic (exact) mass is 339 g/mol. The molecule has 3 aromatic rings. The van der Waals surface area contributed by atoms with E-state index in [0.29, 0.717) is 11.3 Å². The van der Waals surface area contributed by atoms with Crippen LogP contribution < -0.4 is 11.1 Å². The fraction of sp³-hybridized carbons (Fsp3) is 0.235. The fourth-order valence-corrected chi connectivity index (χ4v) is 3.88. The molecule has 4 heterocycles. The number of fused-ring (bicyclic) bond motifs is 1. The van der Waals surface area contributed by atoms with Crippen LogP contribution in [0.3, 0.4) is 0 Å². The van der Waals surface area contributed by atoms with Gasteiger partial charge >= 0.3 is 0 Å². The van der Waals surface area contributed by atoms with Gasteiger partial charge in [-0.1, -0.05) is 6.08 Å². The molecule has 0 aromatic carbocycles. The predicted octanol–water partition coefficient (Wildman–Crippen LogP) is 1.86. The van der Waals surface area contributed by atoms with E-state index in [2.05, 4.69) is 16.4 Å². The van der Waals surface area contributed by atoms with Gasteiger partial charge in [-0.15, -0.1) is 11.3 Å². The first kappa shape index (κ1) is 15.0. The summed E-state index contributed by atoms with van der Waals surface area (Å²) >= 11 is 1.40. The maximum absolute atomic E-state index is 11.8. The summed E-state index contributed by atoms with van der Waals surface area (Å²) in [5.74, 6) is -0.412. The van der Waals surface area contributed by atoms with Crippen molar-refractivity contribution in [1.82, 2.24) is 19.7 Å². The molecule has 1 amide bonds. The zero-order chi connectivity index (χ0) is 16.5. The van der Waals surface area contributed by atoms with Gasteiger partial charge in [0.1, 0.15) is 15.5 Å². The highest BCUT2D eigenvalue weighted by molar-refractivity contribution is 7.14. The van der Waals surface area contributed by atoms with Crippen molar-refractivity contribution in [2.75, 3.05) is 13.1 Å². The summed E-state index contributed by atoms with van der Waals surface area (Å²) in [5, 5.41) is 4.19. The van der Waals surface area contributed by atoms with Crippen molar-refractivity contribution >= 4 is 28.5 Å². The van der Waals surface area contributed by atoms with E-state index in [9.17, 15) is 4.79 Å². The van der Waals surface area contributed by atoms with Crippen molar-refractivity contribution in [3.8, 4) is 0 Å². The molecule has 3 aromatic heterocycles. The van der Waals surface area contributed by atoms with Crippen LogP contribution in [0.1, 0.15) is 32.4 Å². The Hall–Kier alpha value is -2.51. The SMILES string of the molecule is NC(=O)c1sc(C2=CCNCC2)nc1Cc1ccn2ccnc2c1. The van der Waals surface area contributed by atoms with Gasteiger partial charge in [0.15, 0.2) is 0 Å². The lowest BCUT2D eigenvalue weighted by atomic mass is 10.1. The quantitative estimate of drug-likeness (QED) is 0.760. The van der Waals surface area contributed by atoms with Gasteiger partial charge in [0, 0.05) is 31.6 Å². The predicted molar refractivity (Wildman–Crippen MR) is 94.1 cm³/mol. The largest absolute Gasteiger partial charge is 0.365 e. The third-order valence-electron chi connectivity index (χ3n) is 4.09. The van der Waals surface area contributed by atoms with Crippen LogP contribution >= 0.6 is 11.3 Å². The summed E-state index contributed by atoms with van der Waals surface area (Å²) in [7, 11) is 0. The number of carbonyl (C=O) groups excluding carboxylic acids is 1. The van der Waals surface area contributed by atoms with Crippen LogP contribution in [-0.2, 0) is 6.42 Å². The second-order valence-electron chi connectivity index (χ2n) is 5.75. The summed E-state index contributed by atoms with van der Waals surface area (Å²) in [4.78, 5) is 21.4. The molecule has 7 heteroatoms. The fourth-order valence-electron chi connectivity index (χ4n) is 2.87. The zero-order valence-corrected chi connectivity index (χ0v) is 13.8. The Bertz CT molecular complexity index is 940. The topological polar surface area (TPSA) is 85.3 Å². The van der Waals surface area contributed by atoms with Gasteiger partial charge in [0.05, 0.1) is 5.69 Å². The standard InChI is InChI=1S/C17H17N5OS/c18-16(23)15-13(21-17(24-15)12-1-4-19-5-2-12)9-11-3-7-22-8-6-20-14(22)10-11/h1,3,6-8,10,19H,2,4-5,9H2,(H2,18,23). The summed E-state index contributed by atoms with van der Waals surface area (Å²) in [6, 6.07) is 4.02. The van der Waals surface area contributed by atoms with Crippen LogP contribution in [0.2, 0.25) is 0 Å². The average Bonchev–Trinajstić information content (AvgIpc) is 3.22. The molecule has 0 fully saturated rings. The summed E-state index contributed by atoms with van der Waals surface area (Å²) in [6.45, 7) is 1.77. The summed E-state index contributed by atoms with van der Waals surface area (Å²) in [6.07, 6.45) is 9.25. The Kier molecular flexibility index (Phi) is 3.87. The maximum Gasteiger partial charge on any atom is 0.260 e. The minimum Gasteiger partial charge on any atom is -0.365 e. The van der Waals surface area contributed by atoms with E-state index in [4.69, 9.17) is 10.7 Å². The molecule has 122 valence electrons. The normalized spacial score (nSPS) is 14.8. The van der Waals surface area contributed by atoms with Crippen molar-refractivity contribution in [1.29, 1.82) is 0 Å². The number of thiazole rings is 1. The van der Waals surface area contributed by atoms with E-state index in [1.54, 1.807) is 6.20 Å². The van der Waals surface area contributed by atoms with Crippen LogP contribution in [0.5, 0.6) is 0 Å². The number of primary amides is 1. The number of imidazole rings is 1. The lowest BCUT2D eigenvalue weighted by Gasteiger charge is -2.11. The molecule has 24 heavy (non-hydrogen) atoms. The van der Waals surface area contributed by atoms with E-state index in [0.717, 1.165) is 41.4 Å². The number of carbonyl (C=O) groups is 1. The van der Waals surface area contributed by atoms with Crippen LogP contribution in [-0.4, -0.2) is 33.4 Å². The number of nitrogens with one attached hydrogen (secondary N) is 1.